The molecule has 4 aromatic rings. The summed E-state index contributed by atoms with van der Waals surface area (Å²) < 4.78 is 68.4. The second-order valence-corrected chi connectivity index (χ2v) is 11.7. The molecule has 5 rings (SSSR count). The first kappa shape index (κ1) is 34.6. The Labute approximate surface area is 290 Å². The average Bonchev–Trinajstić information content (AvgIpc) is 2.92. The predicted molar refractivity (Wildman–Crippen MR) is 159 cm³/mol. The summed E-state index contributed by atoms with van der Waals surface area (Å²) in [6, 6.07) is 17.9. The summed E-state index contributed by atoms with van der Waals surface area (Å²) in [4.78, 5) is 37.8. The Balaban J connectivity index is 0.00000253. The topological polar surface area (TPSA) is 210 Å². The van der Waals surface area contributed by atoms with E-state index >= 15 is 0 Å². The molecule has 16 heteroatoms. The minimum Gasteiger partial charge on any atom is -0.397 e. The molecular weight excluding hydrogens is 620 g/mol. The molecule has 0 aromatic heterocycles. The summed E-state index contributed by atoms with van der Waals surface area (Å²) in [5.41, 5.74) is 4.09. The number of carbonyl (C=O) groups excluding carboxylic acids is 3. The number of ketones is 2. The van der Waals surface area contributed by atoms with Crippen LogP contribution >= 0.6 is 0 Å². The van der Waals surface area contributed by atoms with Crippen LogP contribution in [0.1, 0.15) is 42.2 Å². The van der Waals surface area contributed by atoms with Gasteiger partial charge in [0.25, 0.3) is 26.1 Å². The van der Waals surface area contributed by atoms with E-state index < -0.39 is 58.8 Å². The summed E-state index contributed by atoms with van der Waals surface area (Å²) in [7, 11) is -9.91. The Kier molecular flexibility index (Phi) is 10.5. The van der Waals surface area contributed by atoms with Crippen LogP contribution in [0.2, 0.25) is 0 Å². The second kappa shape index (κ2) is 13.0. The number of nitrogens with one attached hydrogen (secondary N) is 2. The number of benzene rings is 4. The van der Waals surface area contributed by atoms with Crippen molar-refractivity contribution in [2.24, 2.45) is 0 Å². The first-order chi connectivity index (χ1) is 19.3. The summed E-state index contributed by atoms with van der Waals surface area (Å²) in [5, 5.41) is 5.09. The van der Waals surface area contributed by atoms with E-state index in [1.54, 1.807) is 18.2 Å². The first-order valence-electron chi connectivity index (χ1n) is 11.6. The molecule has 0 heterocycles. The maximum Gasteiger partial charge on any atom is 0.296 e. The fraction of sp³-hybridized carbons (Fsp3) is 0. The molecule has 0 saturated carbocycles. The Morgan fingerprint density at radius 1 is 0.674 bits per heavy atom. The van der Waals surface area contributed by atoms with Crippen molar-refractivity contribution in [2.75, 3.05) is 16.4 Å². The van der Waals surface area contributed by atoms with Crippen LogP contribution in [0.3, 0.4) is 0 Å². The minimum atomic E-state index is -4.99. The molecular formula is C27H19N3Na2O9S2. The van der Waals surface area contributed by atoms with Crippen molar-refractivity contribution in [3.63, 3.8) is 0 Å². The predicted octanol–water partition coefficient (Wildman–Crippen LogP) is 2.77. The number of amides is 1. The van der Waals surface area contributed by atoms with Crippen molar-refractivity contribution < 1.29 is 40.3 Å². The van der Waals surface area contributed by atoms with Gasteiger partial charge in [-0.25, -0.2) is 0 Å². The van der Waals surface area contributed by atoms with Crippen LogP contribution in [0.25, 0.3) is 0 Å². The number of nitrogens with two attached hydrogens (primary N) is 1. The molecule has 0 bridgehead atoms. The van der Waals surface area contributed by atoms with Gasteiger partial charge in [-0.3, -0.25) is 23.5 Å². The van der Waals surface area contributed by atoms with Gasteiger partial charge in [-0.15, -0.1) is 0 Å². The SMILES string of the molecule is Nc1c(S(=O)(=O)O)cc(Nc2ccc(NC(=O)c3ccccc3)c(S(=O)(=O)O)c2)c2c1C(=O)c1ccccc1C2=O.[Na].[Na]. The van der Waals surface area contributed by atoms with E-state index in [-0.39, 0.29) is 98.4 Å². The van der Waals surface area contributed by atoms with Crippen LogP contribution < -0.4 is 16.4 Å². The molecule has 0 spiro atoms. The van der Waals surface area contributed by atoms with Crippen LogP contribution in [0.5, 0.6) is 0 Å². The second-order valence-electron chi connectivity index (χ2n) is 8.90. The van der Waals surface area contributed by atoms with Gasteiger partial charge < -0.3 is 16.4 Å². The Hall–Kier alpha value is -2.89. The first-order valence-corrected chi connectivity index (χ1v) is 14.5. The Bertz CT molecular complexity index is 2020. The van der Waals surface area contributed by atoms with Gasteiger partial charge in [0.05, 0.1) is 28.2 Å². The van der Waals surface area contributed by atoms with Gasteiger partial charge in [0.15, 0.2) is 11.6 Å². The minimum absolute atomic E-state index is 0. The molecule has 1 amide bonds. The molecule has 1 aliphatic rings. The zero-order valence-corrected chi connectivity index (χ0v) is 28.3. The van der Waals surface area contributed by atoms with E-state index in [2.05, 4.69) is 10.6 Å². The van der Waals surface area contributed by atoms with Gasteiger partial charge in [-0.1, -0.05) is 42.5 Å². The number of fused-ring (bicyclic) bond motifs is 2. The summed E-state index contributed by atoms with van der Waals surface area (Å²) in [6.07, 6.45) is 0. The van der Waals surface area contributed by atoms with Crippen LogP contribution in [0.4, 0.5) is 22.7 Å². The zero-order valence-electron chi connectivity index (χ0n) is 22.7. The molecule has 0 aliphatic heterocycles. The van der Waals surface area contributed by atoms with Gasteiger partial charge in [-0.2, -0.15) is 16.8 Å². The van der Waals surface area contributed by atoms with Crippen molar-refractivity contribution in [3.8, 4) is 0 Å². The molecule has 1 aliphatic carbocycles. The Morgan fingerprint density at radius 2 is 1.21 bits per heavy atom. The quantitative estimate of drug-likeness (QED) is 0.104. The average molecular weight is 640 g/mol. The normalized spacial score (nSPS) is 12.2. The van der Waals surface area contributed by atoms with Crippen LogP contribution in [-0.2, 0) is 20.2 Å². The van der Waals surface area contributed by atoms with Crippen LogP contribution in [0.15, 0.2) is 88.7 Å². The number of hydrogen-bond acceptors (Lipinski definition) is 9. The summed E-state index contributed by atoms with van der Waals surface area (Å²) >= 11 is 0. The van der Waals surface area contributed by atoms with E-state index in [9.17, 15) is 40.3 Å². The fourth-order valence-electron chi connectivity index (χ4n) is 4.46. The molecule has 4 aromatic carbocycles. The number of anilines is 4. The largest absolute Gasteiger partial charge is 0.397 e. The number of carbonyl (C=O) groups is 3. The molecule has 2 radical (unpaired) electrons. The number of nitrogen functional groups attached to an aromatic ring is 1. The Morgan fingerprint density at radius 3 is 1.77 bits per heavy atom. The zero-order chi connectivity index (χ0) is 29.7. The molecule has 0 fully saturated rings. The van der Waals surface area contributed by atoms with Crippen LogP contribution in [0, 0.1) is 0 Å². The van der Waals surface area contributed by atoms with Gasteiger partial charge >= 0.3 is 0 Å². The van der Waals surface area contributed by atoms with Crippen molar-refractivity contribution >= 4 is 120 Å². The molecule has 0 saturated heterocycles. The molecule has 43 heavy (non-hydrogen) atoms. The van der Waals surface area contributed by atoms with Crippen molar-refractivity contribution in [1.82, 2.24) is 0 Å². The molecule has 6 N–H and O–H groups in total. The number of hydrogen-bond donors (Lipinski definition) is 5. The van der Waals surface area contributed by atoms with E-state index in [1.807, 2.05) is 0 Å². The van der Waals surface area contributed by atoms with E-state index in [0.717, 1.165) is 18.2 Å². The summed E-state index contributed by atoms with van der Waals surface area (Å²) in [6.45, 7) is 0. The van der Waals surface area contributed by atoms with Gasteiger partial charge in [0.2, 0.25) is 0 Å². The molecule has 0 unspecified atom stereocenters. The number of rotatable bonds is 6. The van der Waals surface area contributed by atoms with Gasteiger partial charge in [-0.05, 0) is 36.4 Å². The van der Waals surface area contributed by atoms with Gasteiger partial charge in [0, 0.05) is 81.5 Å². The summed E-state index contributed by atoms with van der Waals surface area (Å²) in [5.74, 6) is -2.11. The smallest absolute Gasteiger partial charge is 0.296 e. The van der Waals surface area contributed by atoms with E-state index in [1.165, 1.54) is 42.5 Å². The third kappa shape index (κ3) is 6.78. The van der Waals surface area contributed by atoms with E-state index in [4.69, 9.17) is 5.73 Å². The van der Waals surface area contributed by atoms with Crippen LogP contribution in [-0.4, -0.2) is 103 Å². The van der Waals surface area contributed by atoms with Crippen molar-refractivity contribution in [1.29, 1.82) is 0 Å². The third-order valence-electron chi connectivity index (χ3n) is 6.30. The molecule has 0 atom stereocenters. The third-order valence-corrected chi connectivity index (χ3v) is 8.09. The maximum absolute atomic E-state index is 13.5. The fourth-order valence-corrected chi connectivity index (χ4v) is 5.78. The van der Waals surface area contributed by atoms with Crippen molar-refractivity contribution in [3.05, 3.63) is 107 Å². The maximum atomic E-state index is 13.5. The van der Waals surface area contributed by atoms with E-state index in [0.29, 0.717) is 0 Å². The molecule has 210 valence electrons. The van der Waals surface area contributed by atoms with Crippen molar-refractivity contribution in [2.45, 2.75) is 9.79 Å². The standard InChI is InChI=1S/C27H19N3O9S2.2Na/c28-24-21(41(37,38)39)13-19(22-23(24)26(32)17-9-5-4-8-16(17)25(22)31)29-15-10-11-18(20(12-15)40(34,35)36)30-27(33)14-6-2-1-3-7-14;;/h1-13,29H,28H2,(H,30,33)(H,34,35,36)(H,37,38,39);;. The van der Waals surface area contributed by atoms with Gasteiger partial charge in [0.1, 0.15) is 9.79 Å². The monoisotopic (exact) mass is 639 g/mol. The molecule has 12 nitrogen and oxygen atoms in total.